The molecule has 0 unspecified atom stereocenters. The average Bonchev–Trinajstić information content (AvgIpc) is 3.27. The second-order valence-electron chi connectivity index (χ2n) is 5.91. The molecule has 2 heterocycles. The molecule has 7 heteroatoms. The van der Waals surface area contributed by atoms with Gasteiger partial charge in [0.15, 0.2) is 5.78 Å². The predicted octanol–water partition coefficient (Wildman–Crippen LogP) is 6.06. The maximum absolute atomic E-state index is 12.5. The van der Waals surface area contributed by atoms with Crippen LogP contribution in [0.25, 0.3) is 11.8 Å². The van der Waals surface area contributed by atoms with Crippen LogP contribution in [0.4, 0.5) is 5.69 Å². The van der Waals surface area contributed by atoms with Crippen LogP contribution in [0.15, 0.2) is 59.2 Å². The van der Waals surface area contributed by atoms with Gasteiger partial charge in [-0.3, -0.25) is 14.9 Å². The second-order valence-corrected chi connectivity index (χ2v) is 7.90. The Balaban J connectivity index is 1.80. The number of thiophene rings is 1. The molecule has 0 aliphatic heterocycles. The van der Waals surface area contributed by atoms with E-state index >= 15 is 0 Å². The van der Waals surface area contributed by atoms with Gasteiger partial charge in [0.1, 0.15) is 0 Å². The second kappa shape index (κ2) is 8.45. The van der Waals surface area contributed by atoms with Gasteiger partial charge in [-0.15, -0.1) is 11.3 Å². The van der Waals surface area contributed by atoms with Crippen molar-refractivity contribution >= 4 is 44.8 Å². The van der Waals surface area contributed by atoms with Crippen molar-refractivity contribution < 1.29 is 9.72 Å². The molecule has 0 aliphatic carbocycles. The smallest absolute Gasteiger partial charge is 0.269 e. The summed E-state index contributed by atoms with van der Waals surface area (Å²) in [6.45, 7) is 2.11. The highest BCUT2D eigenvalue weighted by Gasteiger charge is 2.11. The van der Waals surface area contributed by atoms with Crippen LogP contribution in [-0.4, -0.2) is 15.3 Å². The molecule has 0 saturated carbocycles. The number of rotatable bonds is 7. The molecule has 0 spiro atoms. The quantitative estimate of drug-likeness (QED) is 0.192. The van der Waals surface area contributed by atoms with E-state index < -0.39 is 4.92 Å². The van der Waals surface area contributed by atoms with Crippen molar-refractivity contribution in [1.82, 2.24) is 4.57 Å². The molecule has 2 aromatic heterocycles. The predicted molar refractivity (Wildman–Crippen MR) is 112 cm³/mol. The number of nitro groups is 1. The van der Waals surface area contributed by atoms with Crippen molar-refractivity contribution in [3.8, 4) is 5.69 Å². The summed E-state index contributed by atoms with van der Waals surface area (Å²) in [6.07, 6.45) is 7.16. The van der Waals surface area contributed by atoms with Gasteiger partial charge in [-0.05, 0) is 64.8 Å². The molecule has 0 radical (unpaired) electrons. The monoisotopic (exact) mass is 444 g/mol. The summed E-state index contributed by atoms with van der Waals surface area (Å²) in [5.41, 5.74) is 1.66. The summed E-state index contributed by atoms with van der Waals surface area (Å²) in [5, 5.41) is 10.8. The first-order valence-electron chi connectivity index (χ1n) is 8.42. The molecular weight excluding hydrogens is 428 g/mol. The van der Waals surface area contributed by atoms with E-state index in [1.807, 2.05) is 29.0 Å². The molecule has 3 rings (SSSR count). The zero-order valence-electron chi connectivity index (χ0n) is 14.6. The number of carbonyl (C=O) groups is 1. The molecule has 1 aromatic carbocycles. The third-order valence-electron chi connectivity index (χ3n) is 4.00. The summed E-state index contributed by atoms with van der Waals surface area (Å²) in [6, 6.07) is 11.9. The summed E-state index contributed by atoms with van der Waals surface area (Å²) < 4.78 is 2.86. The van der Waals surface area contributed by atoms with Gasteiger partial charge in [0.2, 0.25) is 0 Å². The number of nitro benzene ring substituents is 1. The van der Waals surface area contributed by atoms with Crippen LogP contribution < -0.4 is 0 Å². The Morgan fingerprint density at radius 2 is 2.04 bits per heavy atom. The van der Waals surface area contributed by atoms with Gasteiger partial charge in [0.05, 0.1) is 9.80 Å². The normalized spacial score (nSPS) is 11.2. The number of hydrogen-bond donors (Lipinski definition) is 0. The van der Waals surface area contributed by atoms with Gasteiger partial charge in [0, 0.05) is 39.1 Å². The molecule has 0 aliphatic rings. The molecule has 0 saturated heterocycles. The van der Waals surface area contributed by atoms with E-state index in [9.17, 15) is 14.9 Å². The van der Waals surface area contributed by atoms with Gasteiger partial charge in [-0.25, -0.2) is 0 Å². The molecule has 5 nitrogen and oxygen atoms in total. The van der Waals surface area contributed by atoms with Gasteiger partial charge in [-0.1, -0.05) is 13.3 Å². The molecule has 0 amide bonds. The SMILES string of the molecule is CCCc1sc(C(=O)/C=C/c2cccn2-c2ccc([N+](=O)[O-])cc2)cc1Br. The zero-order chi connectivity index (χ0) is 19.4. The molecule has 0 fully saturated rings. The van der Waals surface area contributed by atoms with Crippen LogP contribution in [-0.2, 0) is 6.42 Å². The van der Waals surface area contributed by atoms with Gasteiger partial charge < -0.3 is 4.57 Å². The van der Waals surface area contributed by atoms with Crippen molar-refractivity contribution in [3.63, 3.8) is 0 Å². The number of carbonyl (C=O) groups excluding carboxylic acids is 1. The highest BCUT2D eigenvalue weighted by molar-refractivity contribution is 9.10. The third-order valence-corrected chi connectivity index (χ3v) is 6.18. The first-order chi connectivity index (χ1) is 13.0. The number of aromatic nitrogens is 1. The van der Waals surface area contributed by atoms with E-state index in [4.69, 9.17) is 0 Å². The maximum Gasteiger partial charge on any atom is 0.269 e. The molecule has 27 heavy (non-hydrogen) atoms. The van der Waals surface area contributed by atoms with Gasteiger partial charge >= 0.3 is 0 Å². The molecule has 3 aromatic rings. The van der Waals surface area contributed by atoms with Crippen molar-refractivity contribution in [2.45, 2.75) is 19.8 Å². The highest BCUT2D eigenvalue weighted by Crippen LogP contribution is 2.29. The number of aryl methyl sites for hydroxylation is 1. The number of nitrogens with zero attached hydrogens (tertiary/aromatic N) is 2. The topological polar surface area (TPSA) is 65.1 Å². The first kappa shape index (κ1) is 19.3. The van der Waals surface area contributed by atoms with Crippen LogP contribution in [0.1, 0.15) is 33.6 Å². The minimum atomic E-state index is -0.426. The first-order valence-corrected chi connectivity index (χ1v) is 10.0. The number of benzene rings is 1. The largest absolute Gasteiger partial charge is 0.317 e. The Labute approximate surface area is 169 Å². The molecule has 0 atom stereocenters. The van der Waals surface area contributed by atoms with E-state index in [1.54, 1.807) is 24.3 Å². The summed E-state index contributed by atoms with van der Waals surface area (Å²) in [4.78, 5) is 24.7. The lowest BCUT2D eigenvalue weighted by atomic mass is 10.2. The van der Waals surface area contributed by atoms with E-state index in [1.165, 1.54) is 28.3 Å². The van der Waals surface area contributed by atoms with Gasteiger partial charge in [0.25, 0.3) is 5.69 Å². The Morgan fingerprint density at radius 3 is 2.70 bits per heavy atom. The fourth-order valence-corrected chi connectivity index (χ4v) is 4.56. The number of halogens is 1. The molecular formula is C20H17BrN2O3S. The van der Waals surface area contributed by atoms with E-state index in [0.29, 0.717) is 4.88 Å². The molecule has 0 bridgehead atoms. The number of non-ortho nitro benzene ring substituents is 1. The minimum absolute atomic E-state index is 0.0421. The summed E-state index contributed by atoms with van der Waals surface area (Å²) in [7, 11) is 0. The van der Waals surface area contributed by atoms with E-state index in [-0.39, 0.29) is 11.5 Å². The van der Waals surface area contributed by atoms with Crippen molar-refractivity contribution in [2.24, 2.45) is 0 Å². The van der Waals surface area contributed by atoms with Crippen LogP contribution >= 0.6 is 27.3 Å². The van der Waals surface area contributed by atoms with Crippen LogP contribution in [0.2, 0.25) is 0 Å². The Hall–Kier alpha value is -2.51. The highest BCUT2D eigenvalue weighted by atomic mass is 79.9. The van der Waals surface area contributed by atoms with E-state index in [2.05, 4.69) is 22.9 Å². The maximum atomic E-state index is 12.5. The lowest BCUT2D eigenvalue weighted by molar-refractivity contribution is -0.384. The fraction of sp³-hybridized carbons (Fsp3) is 0.150. The standard InChI is InChI=1S/C20H17BrN2O3S/c1-2-4-19-17(21)13-20(27-19)18(24)11-10-14-5-3-12-22(14)15-6-8-16(9-7-15)23(25)26/h3,5-13H,2,4H2,1H3/b11-10+. The van der Waals surface area contributed by atoms with Crippen LogP contribution in [0.5, 0.6) is 0 Å². The van der Waals surface area contributed by atoms with Crippen molar-refractivity contribution in [3.05, 3.63) is 84.8 Å². The third kappa shape index (κ3) is 4.43. The lowest BCUT2D eigenvalue weighted by Crippen LogP contribution is -1.96. The van der Waals surface area contributed by atoms with Gasteiger partial charge in [-0.2, -0.15) is 0 Å². The summed E-state index contributed by atoms with van der Waals surface area (Å²) >= 11 is 5.03. The number of allylic oxidation sites excluding steroid dienone is 1. The number of ketones is 1. The van der Waals surface area contributed by atoms with Crippen molar-refractivity contribution in [2.75, 3.05) is 0 Å². The zero-order valence-corrected chi connectivity index (χ0v) is 17.0. The van der Waals surface area contributed by atoms with Crippen LogP contribution in [0, 0.1) is 10.1 Å². The van der Waals surface area contributed by atoms with Crippen LogP contribution in [0.3, 0.4) is 0 Å². The number of hydrogen-bond acceptors (Lipinski definition) is 4. The Bertz CT molecular complexity index is 1000. The Morgan fingerprint density at radius 1 is 1.30 bits per heavy atom. The minimum Gasteiger partial charge on any atom is -0.317 e. The fourth-order valence-electron chi connectivity index (χ4n) is 2.67. The van der Waals surface area contributed by atoms with Crippen molar-refractivity contribution in [1.29, 1.82) is 0 Å². The summed E-state index contributed by atoms with van der Waals surface area (Å²) in [5.74, 6) is -0.0421. The molecule has 138 valence electrons. The average molecular weight is 445 g/mol. The van der Waals surface area contributed by atoms with E-state index in [0.717, 1.165) is 28.7 Å². The molecule has 0 N–H and O–H groups in total. The Kier molecular flexibility index (Phi) is 6.03. The lowest BCUT2D eigenvalue weighted by Gasteiger charge is -2.06.